The molecule has 27 heavy (non-hydrogen) atoms. The molecule has 1 aromatic carbocycles. The third-order valence-electron chi connectivity index (χ3n) is 4.95. The van der Waals surface area contributed by atoms with Crippen LogP contribution in [0.4, 0.5) is 0 Å². The number of rotatable bonds is 5. The van der Waals surface area contributed by atoms with Crippen LogP contribution in [0.3, 0.4) is 0 Å². The number of aryl methyl sites for hydroxylation is 2. The first-order valence-corrected chi connectivity index (χ1v) is 9.92. The van der Waals surface area contributed by atoms with Gasteiger partial charge in [0.05, 0.1) is 23.5 Å². The molecule has 140 valence electrons. The molecular weight excluding hydrogens is 362 g/mol. The van der Waals surface area contributed by atoms with Crippen molar-refractivity contribution in [2.75, 3.05) is 0 Å². The Morgan fingerprint density at radius 2 is 1.93 bits per heavy atom. The number of aromatic nitrogens is 1. The highest BCUT2D eigenvalue weighted by atomic mass is 32.1. The fourth-order valence-corrected chi connectivity index (χ4v) is 4.45. The normalized spacial score (nSPS) is 19.3. The van der Waals surface area contributed by atoms with Gasteiger partial charge in [-0.25, -0.2) is 4.98 Å². The van der Waals surface area contributed by atoms with Crippen LogP contribution >= 0.6 is 11.3 Å². The van der Waals surface area contributed by atoms with Crippen LogP contribution in [0, 0.1) is 13.8 Å². The van der Waals surface area contributed by atoms with E-state index in [4.69, 9.17) is 0 Å². The Kier molecular flexibility index (Phi) is 4.55. The smallest absolute Gasteiger partial charge is 0.249 e. The second-order valence-electron chi connectivity index (χ2n) is 7.21. The average molecular weight is 383 g/mol. The number of benzene rings is 1. The molecule has 2 aromatic rings. The molecule has 0 spiro atoms. The average Bonchev–Trinajstić information content (AvgIpc) is 3.29. The van der Waals surface area contributed by atoms with E-state index in [-0.39, 0.29) is 36.6 Å². The van der Waals surface area contributed by atoms with Crippen LogP contribution in [-0.2, 0) is 20.8 Å². The van der Waals surface area contributed by atoms with E-state index >= 15 is 0 Å². The van der Waals surface area contributed by atoms with Crippen molar-refractivity contribution in [3.63, 3.8) is 0 Å². The second-order valence-corrected chi connectivity index (χ2v) is 8.50. The maximum Gasteiger partial charge on any atom is 0.249 e. The Morgan fingerprint density at radius 1 is 1.22 bits per heavy atom. The predicted octanol–water partition coefficient (Wildman–Crippen LogP) is 2.38. The first-order valence-electron chi connectivity index (χ1n) is 9.10. The molecule has 1 N–H and O–H groups in total. The van der Waals surface area contributed by atoms with E-state index in [1.54, 1.807) is 4.90 Å². The monoisotopic (exact) mass is 383 g/mol. The minimum absolute atomic E-state index is 0.0631. The number of imide groups is 1. The van der Waals surface area contributed by atoms with Gasteiger partial charge in [-0.3, -0.25) is 19.7 Å². The van der Waals surface area contributed by atoms with Gasteiger partial charge in [0, 0.05) is 16.5 Å². The Bertz CT molecular complexity index is 915. The first kappa shape index (κ1) is 17.9. The summed E-state index contributed by atoms with van der Waals surface area (Å²) < 4.78 is 0. The maximum atomic E-state index is 13.1. The minimum Gasteiger partial charge on any atom is -0.327 e. The summed E-state index contributed by atoms with van der Waals surface area (Å²) in [4.78, 5) is 43.9. The van der Waals surface area contributed by atoms with E-state index in [9.17, 15) is 14.4 Å². The predicted molar refractivity (Wildman–Crippen MR) is 102 cm³/mol. The van der Waals surface area contributed by atoms with Crippen LogP contribution in [0.2, 0.25) is 0 Å². The van der Waals surface area contributed by atoms with E-state index in [1.165, 1.54) is 16.9 Å². The highest BCUT2D eigenvalue weighted by Crippen LogP contribution is 2.34. The van der Waals surface area contributed by atoms with E-state index < -0.39 is 6.04 Å². The van der Waals surface area contributed by atoms with Gasteiger partial charge in [-0.15, -0.1) is 11.3 Å². The topological polar surface area (TPSA) is 79.4 Å². The molecule has 0 bridgehead atoms. The number of hydrogen-bond acceptors (Lipinski definition) is 5. The second kappa shape index (κ2) is 6.88. The first-order chi connectivity index (χ1) is 12.9. The Balaban J connectivity index is 1.59. The van der Waals surface area contributed by atoms with Crippen LogP contribution in [0.15, 0.2) is 24.3 Å². The minimum atomic E-state index is -0.672. The van der Waals surface area contributed by atoms with E-state index in [0.29, 0.717) is 0 Å². The summed E-state index contributed by atoms with van der Waals surface area (Å²) in [5, 5.41) is 3.22. The number of carbonyl (C=O) groups excluding carboxylic acids is 3. The molecule has 6 nitrogen and oxygen atoms in total. The lowest BCUT2D eigenvalue weighted by Crippen LogP contribution is -2.46. The van der Waals surface area contributed by atoms with Crippen molar-refractivity contribution in [1.82, 2.24) is 15.2 Å². The Hall–Kier alpha value is -2.54. The molecule has 2 aliphatic rings. The van der Waals surface area contributed by atoms with Crippen molar-refractivity contribution in [3.8, 4) is 11.3 Å². The van der Waals surface area contributed by atoms with Crippen molar-refractivity contribution < 1.29 is 14.4 Å². The van der Waals surface area contributed by atoms with Crippen LogP contribution in [-0.4, -0.2) is 39.7 Å². The summed E-state index contributed by atoms with van der Waals surface area (Å²) in [5.74, 6) is -0.777. The Morgan fingerprint density at radius 3 is 2.52 bits per heavy atom. The SMILES string of the molecule is Cc1ccc(-c2nc(C)sc2CC(=O)N(C2CC2)C2CC(=O)NC2=O)cc1. The van der Waals surface area contributed by atoms with Gasteiger partial charge in [0.1, 0.15) is 6.04 Å². The zero-order valence-electron chi connectivity index (χ0n) is 15.3. The van der Waals surface area contributed by atoms with Crippen molar-refractivity contribution in [3.05, 3.63) is 39.7 Å². The maximum absolute atomic E-state index is 13.1. The third-order valence-corrected chi connectivity index (χ3v) is 5.92. The van der Waals surface area contributed by atoms with E-state index in [1.807, 2.05) is 38.1 Å². The number of carbonyl (C=O) groups is 3. The molecule has 1 aliphatic carbocycles. The molecule has 1 aromatic heterocycles. The molecule has 1 atom stereocenters. The molecule has 4 rings (SSSR count). The van der Waals surface area contributed by atoms with Gasteiger partial charge in [-0.05, 0) is 26.7 Å². The number of thiazole rings is 1. The molecule has 2 heterocycles. The summed E-state index contributed by atoms with van der Waals surface area (Å²) in [7, 11) is 0. The fraction of sp³-hybridized carbons (Fsp3) is 0.400. The molecule has 2 fully saturated rings. The summed E-state index contributed by atoms with van der Waals surface area (Å²) in [6.45, 7) is 3.96. The zero-order valence-corrected chi connectivity index (χ0v) is 16.1. The lowest BCUT2D eigenvalue weighted by Gasteiger charge is -2.26. The van der Waals surface area contributed by atoms with Gasteiger partial charge in [0.15, 0.2) is 0 Å². The molecule has 0 radical (unpaired) electrons. The van der Waals surface area contributed by atoms with Gasteiger partial charge in [0.2, 0.25) is 17.7 Å². The van der Waals surface area contributed by atoms with E-state index in [0.717, 1.165) is 34.0 Å². The highest BCUT2D eigenvalue weighted by molar-refractivity contribution is 7.12. The number of nitrogens with one attached hydrogen (secondary N) is 1. The quantitative estimate of drug-likeness (QED) is 0.804. The summed E-state index contributed by atoms with van der Waals surface area (Å²) in [5.41, 5.74) is 2.98. The summed E-state index contributed by atoms with van der Waals surface area (Å²) in [6.07, 6.45) is 2.03. The van der Waals surface area contributed by atoms with Crippen LogP contribution in [0.1, 0.15) is 34.7 Å². The largest absolute Gasteiger partial charge is 0.327 e. The zero-order chi connectivity index (χ0) is 19.1. The third kappa shape index (κ3) is 3.64. The lowest BCUT2D eigenvalue weighted by molar-refractivity contribution is -0.139. The Labute approximate surface area is 161 Å². The number of nitrogens with zero attached hydrogens (tertiary/aromatic N) is 2. The van der Waals surface area contributed by atoms with Gasteiger partial charge >= 0.3 is 0 Å². The van der Waals surface area contributed by atoms with Crippen LogP contribution < -0.4 is 5.32 Å². The van der Waals surface area contributed by atoms with Gasteiger partial charge in [-0.2, -0.15) is 0 Å². The molecule has 1 aliphatic heterocycles. The highest BCUT2D eigenvalue weighted by Gasteiger charge is 2.44. The van der Waals surface area contributed by atoms with Gasteiger partial charge < -0.3 is 4.90 Å². The van der Waals surface area contributed by atoms with Crippen LogP contribution in [0.5, 0.6) is 0 Å². The standard InChI is InChI=1S/C20H21N3O3S/c1-11-3-5-13(6-4-11)19-16(27-12(2)21-19)10-18(25)23(14-7-8-14)15-9-17(24)22-20(15)26/h3-6,14-15H,7-10H2,1-2H3,(H,22,24,26). The van der Waals surface area contributed by atoms with Crippen LogP contribution in [0.25, 0.3) is 11.3 Å². The number of amides is 3. The van der Waals surface area contributed by atoms with Crippen molar-refractivity contribution in [2.45, 2.75) is 51.6 Å². The lowest BCUT2D eigenvalue weighted by atomic mass is 10.1. The molecule has 1 unspecified atom stereocenters. The van der Waals surface area contributed by atoms with Crippen molar-refractivity contribution >= 4 is 29.1 Å². The molecule has 1 saturated heterocycles. The number of hydrogen-bond donors (Lipinski definition) is 1. The van der Waals surface area contributed by atoms with E-state index in [2.05, 4.69) is 10.3 Å². The summed E-state index contributed by atoms with van der Waals surface area (Å²) in [6, 6.07) is 7.48. The molecule has 1 saturated carbocycles. The van der Waals surface area contributed by atoms with Crippen molar-refractivity contribution in [1.29, 1.82) is 0 Å². The van der Waals surface area contributed by atoms with Gasteiger partial charge in [0.25, 0.3) is 0 Å². The van der Waals surface area contributed by atoms with Crippen molar-refractivity contribution in [2.24, 2.45) is 0 Å². The molecular formula is C20H21N3O3S. The molecule has 7 heteroatoms. The molecule has 3 amide bonds. The fourth-order valence-electron chi connectivity index (χ4n) is 3.50. The van der Waals surface area contributed by atoms with Gasteiger partial charge in [-0.1, -0.05) is 29.8 Å². The summed E-state index contributed by atoms with van der Waals surface area (Å²) >= 11 is 1.51.